The van der Waals surface area contributed by atoms with Gasteiger partial charge in [0.2, 0.25) is 0 Å². The first kappa shape index (κ1) is 32.2. The number of nitrogens with one attached hydrogen (secondary N) is 1. The van der Waals surface area contributed by atoms with Gasteiger partial charge in [-0.15, -0.1) is 0 Å². The third kappa shape index (κ3) is 7.64. The maximum absolute atomic E-state index is 15.1. The van der Waals surface area contributed by atoms with Crippen LogP contribution in [0.3, 0.4) is 0 Å². The summed E-state index contributed by atoms with van der Waals surface area (Å²) >= 11 is 0. The molecule has 244 valence electrons. The number of likely N-dealkylation sites (tertiary alicyclic amines) is 2. The van der Waals surface area contributed by atoms with Crippen LogP contribution in [-0.2, 0) is 16.4 Å². The van der Waals surface area contributed by atoms with Crippen molar-refractivity contribution in [1.29, 1.82) is 5.26 Å². The van der Waals surface area contributed by atoms with Gasteiger partial charge in [-0.1, -0.05) is 12.1 Å². The van der Waals surface area contributed by atoms with Crippen LogP contribution < -0.4 is 10.1 Å². The van der Waals surface area contributed by atoms with Gasteiger partial charge >= 0.3 is 0 Å². The number of rotatable bonds is 8. The summed E-state index contributed by atoms with van der Waals surface area (Å²) in [4.78, 5) is 30.3. The molecule has 0 saturated carbocycles. The number of sulfone groups is 1. The van der Waals surface area contributed by atoms with Gasteiger partial charge in [-0.05, 0) is 79.1 Å². The fourth-order valence-electron chi connectivity index (χ4n) is 6.05. The number of ether oxygens (including phenoxy) is 1. The number of nitriles is 1. The van der Waals surface area contributed by atoms with Crippen molar-refractivity contribution in [2.45, 2.75) is 49.0 Å². The Morgan fingerprint density at radius 3 is 2.38 bits per heavy atom. The third-order valence-corrected chi connectivity index (χ3v) is 9.84. The molecule has 0 aliphatic carbocycles. The molecule has 1 N–H and O–H groups in total. The molecule has 2 aliphatic heterocycles. The van der Waals surface area contributed by atoms with E-state index >= 15 is 4.39 Å². The number of nitrogens with zero attached hydrogens (tertiary/aromatic N) is 3. The average molecular weight is 659 g/mol. The van der Waals surface area contributed by atoms with Crippen molar-refractivity contribution < 1.29 is 31.6 Å². The molecule has 0 radical (unpaired) electrons. The highest BCUT2D eigenvalue weighted by Gasteiger charge is 2.34. The Morgan fingerprint density at radius 1 is 1.00 bits per heavy atom. The molecular formula is C35H35FN4O6S. The number of amides is 2. The largest absolute Gasteiger partial charge is 0.487 e. The normalized spacial score (nSPS) is 19.3. The zero-order chi connectivity index (χ0) is 33.1. The van der Waals surface area contributed by atoms with E-state index in [9.17, 15) is 18.0 Å². The molecule has 12 heteroatoms. The molecule has 6 rings (SSSR count). The van der Waals surface area contributed by atoms with Gasteiger partial charge in [-0.25, -0.2) is 12.8 Å². The van der Waals surface area contributed by atoms with Gasteiger partial charge in [-0.2, -0.15) is 5.26 Å². The Kier molecular flexibility index (Phi) is 9.29. The SMILES string of the molecule is CS(=O)(=O)c1ccc(O[C@H]2CCN(C(=O)c3ccc4oc(C(=O)NC5CCN(Cc6ccc(C#N)cc6)CC5)cc4c3)C[C@@H]2F)cc1. The van der Waals surface area contributed by atoms with Crippen LogP contribution >= 0.6 is 0 Å². The minimum Gasteiger partial charge on any atom is -0.487 e. The van der Waals surface area contributed by atoms with Gasteiger partial charge in [0.25, 0.3) is 11.8 Å². The molecule has 10 nitrogen and oxygen atoms in total. The van der Waals surface area contributed by atoms with Crippen LogP contribution in [-0.4, -0.2) is 80.8 Å². The van der Waals surface area contributed by atoms with E-state index in [1.807, 2.05) is 24.3 Å². The van der Waals surface area contributed by atoms with Crippen molar-refractivity contribution in [3.8, 4) is 11.8 Å². The predicted molar refractivity (Wildman–Crippen MR) is 173 cm³/mol. The molecule has 3 heterocycles. The van der Waals surface area contributed by atoms with Crippen LogP contribution in [0.25, 0.3) is 11.0 Å². The zero-order valence-electron chi connectivity index (χ0n) is 25.9. The van der Waals surface area contributed by atoms with E-state index in [-0.39, 0.29) is 48.0 Å². The summed E-state index contributed by atoms with van der Waals surface area (Å²) in [5, 5.41) is 12.7. The van der Waals surface area contributed by atoms with E-state index in [2.05, 4.69) is 16.3 Å². The minimum atomic E-state index is -3.35. The monoisotopic (exact) mass is 658 g/mol. The van der Waals surface area contributed by atoms with Gasteiger partial charge in [-0.3, -0.25) is 14.5 Å². The second kappa shape index (κ2) is 13.6. The molecule has 3 aromatic carbocycles. The number of hydrogen-bond donors (Lipinski definition) is 1. The number of fused-ring (bicyclic) bond motifs is 1. The smallest absolute Gasteiger partial charge is 0.287 e. The highest BCUT2D eigenvalue weighted by atomic mass is 32.2. The fourth-order valence-corrected chi connectivity index (χ4v) is 6.68. The lowest BCUT2D eigenvalue weighted by molar-refractivity contribution is 0.0202. The van der Waals surface area contributed by atoms with E-state index in [1.54, 1.807) is 24.3 Å². The summed E-state index contributed by atoms with van der Waals surface area (Å²) in [5.74, 6) is -0.116. The quantitative estimate of drug-likeness (QED) is 0.287. The molecule has 2 aliphatic rings. The number of halogens is 1. The van der Waals surface area contributed by atoms with Crippen LogP contribution in [0.2, 0.25) is 0 Å². The summed E-state index contributed by atoms with van der Waals surface area (Å²) in [6, 6.07) is 22.1. The molecule has 4 aromatic rings. The lowest BCUT2D eigenvalue weighted by atomic mass is 10.0. The maximum atomic E-state index is 15.1. The van der Waals surface area contributed by atoms with Crippen molar-refractivity contribution in [1.82, 2.24) is 15.1 Å². The van der Waals surface area contributed by atoms with Gasteiger partial charge in [0.1, 0.15) is 17.4 Å². The maximum Gasteiger partial charge on any atom is 0.287 e. The molecule has 0 spiro atoms. The minimum absolute atomic E-state index is 0.0115. The van der Waals surface area contributed by atoms with Gasteiger partial charge in [0.15, 0.2) is 21.8 Å². The van der Waals surface area contributed by atoms with E-state index in [0.717, 1.165) is 44.3 Å². The van der Waals surface area contributed by atoms with Crippen LogP contribution in [0.4, 0.5) is 4.39 Å². The van der Waals surface area contributed by atoms with E-state index in [0.29, 0.717) is 27.8 Å². The average Bonchev–Trinajstić information content (AvgIpc) is 3.50. The molecule has 2 atom stereocenters. The summed E-state index contributed by atoms with van der Waals surface area (Å²) in [6.45, 7) is 2.59. The van der Waals surface area contributed by atoms with E-state index in [1.165, 1.54) is 29.2 Å². The molecule has 0 unspecified atom stereocenters. The Morgan fingerprint density at radius 2 is 1.72 bits per heavy atom. The second-order valence-electron chi connectivity index (χ2n) is 12.2. The molecular weight excluding hydrogens is 623 g/mol. The molecule has 2 saturated heterocycles. The Balaban J connectivity index is 1.01. The summed E-state index contributed by atoms with van der Waals surface area (Å²) < 4.78 is 50.1. The van der Waals surface area contributed by atoms with E-state index in [4.69, 9.17) is 14.4 Å². The highest BCUT2D eigenvalue weighted by Crippen LogP contribution is 2.26. The number of furan rings is 1. The predicted octanol–water partition coefficient (Wildman–Crippen LogP) is 4.73. The first-order chi connectivity index (χ1) is 22.6. The summed E-state index contributed by atoms with van der Waals surface area (Å²) in [6.07, 6.45) is 0.781. The van der Waals surface area contributed by atoms with Crippen LogP contribution in [0.15, 0.2) is 82.1 Å². The number of carbonyl (C=O) groups is 2. The number of alkyl halides is 1. The summed E-state index contributed by atoms with van der Waals surface area (Å²) in [7, 11) is -3.35. The molecule has 47 heavy (non-hydrogen) atoms. The molecule has 2 amide bonds. The number of benzene rings is 3. The first-order valence-corrected chi connectivity index (χ1v) is 17.4. The van der Waals surface area contributed by atoms with Gasteiger partial charge < -0.3 is 19.4 Å². The van der Waals surface area contributed by atoms with Crippen molar-refractivity contribution in [3.05, 3.63) is 95.2 Å². The van der Waals surface area contributed by atoms with Gasteiger partial charge in [0, 0.05) is 55.8 Å². The topological polar surface area (TPSA) is 133 Å². The van der Waals surface area contributed by atoms with Crippen molar-refractivity contribution in [3.63, 3.8) is 0 Å². The van der Waals surface area contributed by atoms with Crippen LogP contribution in [0.5, 0.6) is 5.75 Å². The number of piperidine rings is 2. The van der Waals surface area contributed by atoms with E-state index < -0.39 is 22.1 Å². The Bertz CT molecular complexity index is 1910. The molecule has 2 fully saturated rings. The molecule has 0 bridgehead atoms. The van der Waals surface area contributed by atoms with Crippen LogP contribution in [0, 0.1) is 11.3 Å². The van der Waals surface area contributed by atoms with Crippen molar-refractivity contribution in [2.24, 2.45) is 0 Å². The third-order valence-electron chi connectivity index (χ3n) is 8.71. The summed E-state index contributed by atoms with van der Waals surface area (Å²) in [5.41, 5.74) is 2.62. The Labute approximate surface area is 272 Å². The van der Waals surface area contributed by atoms with Crippen molar-refractivity contribution >= 4 is 32.6 Å². The number of carbonyl (C=O) groups excluding carboxylic acids is 2. The zero-order valence-corrected chi connectivity index (χ0v) is 26.7. The highest BCUT2D eigenvalue weighted by molar-refractivity contribution is 7.90. The number of hydrogen-bond acceptors (Lipinski definition) is 8. The van der Waals surface area contributed by atoms with Crippen LogP contribution in [0.1, 0.15) is 51.3 Å². The lowest BCUT2D eigenvalue weighted by Crippen LogP contribution is -2.49. The molecule has 1 aromatic heterocycles. The first-order valence-electron chi connectivity index (χ1n) is 15.5. The lowest BCUT2D eigenvalue weighted by Gasteiger charge is -2.34. The standard InChI is InChI=1S/C35H35FN4O6S/c1-47(43,44)29-9-7-28(8-10-29)45-32-14-17-40(22-30(32)36)35(42)25-6-11-31-26(18-25)19-33(46-31)34(41)38-27-12-15-39(16-13-27)21-24-4-2-23(20-37)3-5-24/h2-11,18-19,27,30,32H,12-17,21-22H2,1H3,(H,38,41)/t30-,32-/m0/s1. The Hall–Kier alpha value is -4.73. The fraction of sp³-hybridized carbons (Fsp3) is 0.343. The van der Waals surface area contributed by atoms with Gasteiger partial charge in [0.05, 0.1) is 23.1 Å². The van der Waals surface area contributed by atoms with Crippen molar-refractivity contribution in [2.75, 3.05) is 32.4 Å². The second-order valence-corrected chi connectivity index (χ2v) is 14.2.